The van der Waals surface area contributed by atoms with Gasteiger partial charge in [0.05, 0.1) is 6.17 Å². The number of carbonyl (C=O) groups is 1. The molecule has 82 valence electrons. The van der Waals surface area contributed by atoms with E-state index in [0.29, 0.717) is 6.61 Å². The molecule has 0 aliphatic heterocycles. The summed E-state index contributed by atoms with van der Waals surface area (Å²) in [6.45, 7) is 5.67. The second kappa shape index (κ2) is 6.72. The molecular formula is C8H17NO4Si. The highest BCUT2D eigenvalue weighted by atomic mass is 28.4. The van der Waals surface area contributed by atoms with Crippen LogP contribution in [-0.4, -0.2) is 41.7 Å². The van der Waals surface area contributed by atoms with Crippen LogP contribution in [0.5, 0.6) is 0 Å². The van der Waals surface area contributed by atoms with Crippen LogP contribution in [0.1, 0.15) is 6.92 Å². The maximum absolute atomic E-state index is 10.9. The highest BCUT2D eigenvalue weighted by Crippen LogP contribution is 2.05. The number of carbonyl (C=O) groups excluding carboxylic acids is 1. The second-order valence-electron chi connectivity index (χ2n) is 2.45. The van der Waals surface area contributed by atoms with Crippen molar-refractivity contribution in [2.24, 2.45) is 0 Å². The van der Waals surface area contributed by atoms with Crippen molar-refractivity contribution in [1.29, 1.82) is 0 Å². The van der Waals surface area contributed by atoms with E-state index in [1.807, 2.05) is 6.92 Å². The highest BCUT2D eigenvalue weighted by molar-refractivity contribution is 6.61. The molecule has 14 heavy (non-hydrogen) atoms. The van der Waals surface area contributed by atoms with Gasteiger partial charge in [0, 0.05) is 20.8 Å². The zero-order valence-electron chi connectivity index (χ0n) is 8.83. The Morgan fingerprint density at radius 2 is 2.07 bits per heavy atom. The van der Waals surface area contributed by atoms with E-state index in [1.165, 1.54) is 20.3 Å². The second-order valence-corrected chi connectivity index (χ2v) is 5.27. The summed E-state index contributed by atoms with van der Waals surface area (Å²) in [6.07, 6.45) is 1.44. The van der Waals surface area contributed by atoms with Gasteiger partial charge in [0.1, 0.15) is 0 Å². The molecule has 0 aliphatic rings. The number of amides is 1. The number of nitrogens with one attached hydrogen (secondary N) is 1. The average Bonchev–Trinajstić information content (AvgIpc) is 2.24. The van der Waals surface area contributed by atoms with Crippen LogP contribution >= 0.6 is 0 Å². The SMILES string of the molecule is C=CC(=O)NC[Si](OC)(OC)OCC. The number of rotatable bonds is 7. The molecule has 0 saturated carbocycles. The van der Waals surface area contributed by atoms with Gasteiger partial charge in [0.25, 0.3) is 0 Å². The molecular weight excluding hydrogens is 202 g/mol. The number of hydrogen-bond acceptors (Lipinski definition) is 4. The maximum Gasteiger partial charge on any atom is 0.520 e. The van der Waals surface area contributed by atoms with E-state index in [2.05, 4.69) is 11.9 Å². The van der Waals surface area contributed by atoms with Crippen molar-refractivity contribution in [3.63, 3.8) is 0 Å². The third kappa shape index (κ3) is 4.01. The van der Waals surface area contributed by atoms with Crippen LogP contribution in [0.2, 0.25) is 0 Å². The average molecular weight is 219 g/mol. The normalized spacial score (nSPS) is 11.1. The Hall–Kier alpha value is -0.693. The van der Waals surface area contributed by atoms with Crippen LogP contribution in [0.4, 0.5) is 0 Å². The van der Waals surface area contributed by atoms with Crippen molar-refractivity contribution in [3.8, 4) is 0 Å². The van der Waals surface area contributed by atoms with E-state index in [-0.39, 0.29) is 12.1 Å². The molecule has 0 unspecified atom stereocenters. The molecule has 0 bridgehead atoms. The van der Waals surface area contributed by atoms with Gasteiger partial charge < -0.3 is 18.6 Å². The molecule has 1 amide bonds. The minimum Gasteiger partial charge on any atom is -0.376 e. The predicted octanol–water partition coefficient (Wildman–Crippen LogP) is 0.0960. The van der Waals surface area contributed by atoms with Crippen molar-refractivity contribution in [2.75, 3.05) is 27.0 Å². The zero-order chi connectivity index (χ0) is 11.0. The van der Waals surface area contributed by atoms with Gasteiger partial charge in [-0.2, -0.15) is 0 Å². The lowest BCUT2D eigenvalue weighted by molar-refractivity contribution is -0.116. The van der Waals surface area contributed by atoms with Crippen LogP contribution in [0, 0.1) is 0 Å². The van der Waals surface area contributed by atoms with Crippen molar-refractivity contribution in [3.05, 3.63) is 12.7 Å². The van der Waals surface area contributed by atoms with Gasteiger partial charge in [-0.05, 0) is 13.0 Å². The van der Waals surface area contributed by atoms with E-state index in [9.17, 15) is 4.79 Å². The van der Waals surface area contributed by atoms with Crippen LogP contribution in [0.25, 0.3) is 0 Å². The van der Waals surface area contributed by atoms with Crippen LogP contribution in [0.3, 0.4) is 0 Å². The topological polar surface area (TPSA) is 56.8 Å². The lowest BCUT2D eigenvalue weighted by Crippen LogP contribution is -2.53. The van der Waals surface area contributed by atoms with E-state index in [1.54, 1.807) is 0 Å². The standard InChI is InChI=1S/C8H17NO4Si/c1-5-8(10)9-7-14(11-3,12-4)13-6-2/h5H,1,6-7H2,2-4H3,(H,9,10). The Bertz CT molecular complexity index is 194. The van der Waals surface area contributed by atoms with Gasteiger partial charge in [-0.25, -0.2) is 0 Å². The molecule has 1 N–H and O–H groups in total. The Morgan fingerprint density at radius 3 is 2.43 bits per heavy atom. The molecule has 0 aromatic rings. The lowest BCUT2D eigenvalue weighted by atomic mass is 10.6. The van der Waals surface area contributed by atoms with Gasteiger partial charge in [-0.3, -0.25) is 4.79 Å². The Kier molecular flexibility index (Phi) is 6.38. The molecule has 6 heteroatoms. The largest absolute Gasteiger partial charge is 0.520 e. The predicted molar refractivity (Wildman–Crippen MR) is 54.6 cm³/mol. The maximum atomic E-state index is 10.9. The summed E-state index contributed by atoms with van der Waals surface area (Å²) in [5, 5.41) is 2.59. The summed E-state index contributed by atoms with van der Waals surface area (Å²) >= 11 is 0. The lowest BCUT2D eigenvalue weighted by Gasteiger charge is -2.25. The highest BCUT2D eigenvalue weighted by Gasteiger charge is 2.38. The van der Waals surface area contributed by atoms with Crippen LogP contribution < -0.4 is 5.32 Å². The molecule has 0 radical (unpaired) electrons. The monoisotopic (exact) mass is 219 g/mol. The van der Waals surface area contributed by atoms with E-state index < -0.39 is 8.80 Å². The van der Waals surface area contributed by atoms with E-state index in [0.717, 1.165) is 0 Å². The fourth-order valence-corrected chi connectivity index (χ4v) is 2.51. The molecule has 0 aromatic heterocycles. The van der Waals surface area contributed by atoms with Crippen LogP contribution in [-0.2, 0) is 18.1 Å². The van der Waals surface area contributed by atoms with Crippen LogP contribution in [0.15, 0.2) is 12.7 Å². The molecule has 0 fully saturated rings. The summed E-state index contributed by atoms with van der Waals surface area (Å²) < 4.78 is 15.7. The quantitative estimate of drug-likeness (QED) is 0.487. The minimum absolute atomic E-state index is 0.249. The molecule has 0 rings (SSSR count). The first-order valence-electron chi connectivity index (χ1n) is 4.28. The van der Waals surface area contributed by atoms with Gasteiger partial charge in [0.2, 0.25) is 5.91 Å². The number of hydrogen-bond donors (Lipinski definition) is 1. The first-order valence-corrected chi connectivity index (χ1v) is 6.21. The summed E-state index contributed by atoms with van der Waals surface area (Å²) in [4.78, 5) is 10.9. The molecule has 0 atom stereocenters. The Balaban J connectivity index is 4.19. The zero-order valence-corrected chi connectivity index (χ0v) is 9.83. The molecule has 5 nitrogen and oxygen atoms in total. The Morgan fingerprint density at radius 1 is 1.50 bits per heavy atom. The van der Waals surface area contributed by atoms with Gasteiger partial charge >= 0.3 is 8.80 Å². The summed E-state index contributed by atoms with van der Waals surface area (Å²) in [5.41, 5.74) is 0. The third-order valence-corrected chi connectivity index (χ3v) is 4.23. The summed E-state index contributed by atoms with van der Waals surface area (Å²) in [7, 11) is 0.309. The van der Waals surface area contributed by atoms with Gasteiger partial charge in [-0.1, -0.05) is 6.58 Å². The van der Waals surface area contributed by atoms with Crippen molar-refractivity contribution in [1.82, 2.24) is 5.32 Å². The smallest absolute Gasteiger partial charge is 0.376 e. The molecule has 0 spiro atoms. The molecule has 0 aromatic carbocycles. The van der Waals surface area contributed by atoms with Gasteiger partial charge in [0.15, 0.2) is 0 Å². The van der Waals surface area contributed by atoms with E-state index in [4.69, 9.17) is 13.3 Å². The summed E-state index contributed by atoms with van der Waals surface area (Å²) in [6, 6.07) is 0. The summed E-state index contributed by atoms with van der Waals surface area (Å²) in [5.74, 6) is -0.268. The van der Waals surface area contributed by atoms with E-state index >= 15 is 0 Å². The van der Waals surface area contributed by atoms with Gasteiger partial charge in [-0.15, -0.1) is 0 Å². The first kappa shape index (κ1) is 13.3. The fourth-order valence-electron chi connectivity index (χ4n) is 0.884. The van der Waals surface area contributed by atoms with Crippen molar-refractivity contribution in [2.45, 2.75) is 6.92 Å². The fraction of sp³-hybridized carbons (Fsp3) is 0.625. The van der Waals surface area contributed by atoms with Crippen molar-refractivity contribution < 1.29 is 18.1 Å². The first-order chi connectivity index (χ1) is 6.64. The Labute approximate surface area is 85.4 Å². The molecule has 0 saturated heterocycles. The molecule has 0 heterocycles. The minimum atomic E-state index is -2.70. The van der Waals surface area contributed by atoms with Crippen molar-refractivity contribution >= 4 is 14.7 Å². The molecule has 0 aliphatic carbocycles. The third-order valence-electron chi connectivity index (χ3n) is 1.65.